The Bertz CT molecular complexity index is 476. The van der Waals surface area contributed by atoms with Gasteiger partial charge in [-0.05, 0) is 5.56 Å². The van der Waals surface area contributed by atoms with E-state index in [0.717, 1.165) is 5.56 Å². The van der Waals surface area contributed by atoms with Crippen LogP contribution in [0.1, 0.15) is 12.0 Å². The van der Waals surface area contributed by atoms with E-state index in [1.54, 1.807) is 19.2 Å². The second-order valence-corrected chi connectivity index (χ2v) is 3.82. The Hall–Kier alpha value is -2.42. The summed E-state index contributed by atoms with van der Waals surface area (Å²) >= 11 is 0. The Morgan fingerprint density at radius 2 is 2.06 bits per heavy atom. The Kier molecular flexibility index (Phi) is 4.81. The molecular weight excluding hydrogens is 234 g/mol. The number of rotatable bonds is 5. The second kappa shape index (κ2) is 6.35. The molecule has 1 rings (SSSR count). The molecule has 0 bridgehead atoms. The SMILES string of the molecule is CN(CCC#N)C(=O)Cc1ccc([N+](=O)[O-])cc1. The number of carbonyl (C=O) groups is 1. The number of amides is 1. The van der Waals surface area contributed by atoms with Gasteiger partial charge < -0.3 is 4.90 Å². The van der Waals surface area contributed by atoms with Crippen LogP contribution in [0.5, 0.6) is 0 Å². The lowest BCUT2D eigenvalue weighted by Crippen LogP contribution is -2.28. The van der Waals surface area contributed by atoms with Crippen LogP contribution in [0.3, 0.4) is 0 Å². The number of nitro benzene ring substituents is 1. The van der Waals surface area contributed by atoms with Crippen molar-refractivity contribution < 1.29 is 9.72 Å². The summed E-state index contributed by atoms with van der Waals surface area (Å²) in [6, 6.07) is 7.84. The smallest absolute Gasteiger partial charge is 0.269 e. The second-order valence-electron chi connectivity index (χ2n) is 3.82. The number of likely N-dealkylation sites (N-methyl/N-ethyl adjacent to an activating group) is 1. The predicted molar refractivity (Wildman–Crippen MR) is 64.7 cm³/mol. The summed E-state index contributed by atoms with van der Waals surface area (Å²) in [7, 11) is 1.63. The number of hydrogen-bond donors (Lipinski definition) is 0. The third-order valence-corrected chi connectivity index (χ3v) is 2.49. The Morgan fingerprint density at radius 1 is 1.44 bits per heavy atom. The quantitative estimate of drug-likeness (QED) is 0.582. The molecule has 0 saturated heterocycles. The maximum absolute atomic E-state index is 11.7. The first-order valence-corrected chi connectivity index (χ1v) is 5.39. The van der Waals surface area contributed by atoms with Gasteiger partial charge in [0, 0.05) is 25.7 Å². The molecule has 1 amide bonds. The van der Waals surface area contributed by atoms with Crippen LogP contribution < -0.4 is 0 Å². The molecule has 0 aliphatic rings. The van der Waals surface area contributed by atoms with Crippen molar-refractivity contribution in [2.75, 3.05) is 13.6 Å². The predicted octanol–water partition coefficient (Wildman–Crippen LogP) is 1.51. The standard InChI is InChI=1S/C12H13N3O3/c1-14(8-2-7-13)12(16)9-10-3-5-11(6-4-10)15(17)18/h3-6H,2,8-9H2,1H3. The van der Waals surface area contributed by atoms with Crippen molar-refractivity contribution in [3.8, 4) is 6.07 Å². The normalized spacial score (nSPS) is 9.56. The molecule has 0 aliphatic carbocycles. The van der Waals surface area contributed by atoms with Crippen molar-refractivity contribution in [2.45, 2.75) is 12.8 Å². The van der Waals surface area contributed by atoms with Gasteiger partial charge in [0.15, 0.2) is 0 Å². The van der Waals surface area contributed by atoms with E-state index < -0.39 is 4.92 Å². The molecule has 0 spiro atoms. The van der Waals surface area contributed by atoms with Crippen molar-refractivity contribution in [1.29, 1.82) is 5.26 Å². The van der Waals surface area contributed by atoms with Gasteiger partial charge in [0.1, 0.15) is 0 Å². The average Bonchev–Trinajstić information content (AvgIpc) is 2.36. The summed E-state index contributed by atoms with van der Waals surface area (Å²) in [6.07, 6.45) is 0.475. The van der Waals surface area contributed by atoms with Crippen molar-refractivity contribution in [3.63, 3.8) is 0 Å². The molecule has 0 saturated carbocycles. The van der Waals surface area contributed by atoms with E-state index in [2.05, 4.69) is 0 Å². The molecule has 0 aliphatic heterocycles. The molecule has 0 unspecified atom stereocenters. The topological polar surface area (TPSA) is 87.2 Å². The maximum atomic E-state index is 11.7. The highest BCUT2D eigenvalue weighted by molar-refractivity contribution is 5.78. The van der Waals surface area contributed by atoms with Crippen LogP contribution in [0.4, 0.5) is 5.69 Å². The summed E-state index contributed by atoms with van der Waals surface area (Å²) in [4.78, 5) is 23.2. The molecule has 1 aromatic carbocycles. The van der Waals surface area contributed by atoms with Gasteiger partial charge in [0.05, 0.1) is 23.8 Å². The van der Waals surface area contributed by atoms with Gasteiger partial charge in [-0.3, -0.25) is 14.9 Å². The van der Waals surface area contributed by atoms with Crippen LogP contribution in [-0.4, -0.2) is 29.3 Å². The molecule has 94 valence electrons. The number of non-ortho nitro benzene ring substituents is 1. The minimum absolute atomic E-state index is 0.00374. The van der Waals surface area contributed by atoms with E-state index in [9.17, 15) is 14.9 Å². The van der Waals surface area contributed by atoms with Gasteiger partial charge in [0.2, 0.25) is 5.91 Å². The summed E-state index contributed by atoms with van der Waals surface area (Å²) in [6.45, 7) is 0.391. The third kappa shape index (κ3) is 3.87. The third-order valence-electron chi connectivity index (χ3n) is 2.49. The van der Waals surface area contributed by atoms with E-state index in [4.69, 9.17) is 5.26 Å². The van der Waals surface area contributed by atoms with Crippen LogP contribution in [-0.2, 0) is 11.2 Å². The first-order chi connectivity index (χ1) is 8.54. The molecule has 6 heteroatoms. The molecular formula is C12H13N3O3. The van der Waals surface area contributed by atoms with Gasteiger partial charge in [-0.2, -0.15) is 5.26 Å². The van der Waals surface area contributed by atoms with Crippen LogP contribution in [0.15, 0.2) is 24.3 Å². The average molecular weight is 247 g/mol. The zero-order chi connectivity index (χ0) is 13.5. The van der Waals surface area contributed by atoms with E-state index in [-0.39, 0.29) is 18.0 Å². The summed E-state index contributed by atoms with van der Waals surface area (Å²) in [5, 5.41) is 18.9. The Labute approximate surface area is 105 Å². The monoisotopic (exact) mass is 247 g/mol. The number of benzene rings is 1. The number of hydrogen-bond acceptors (Lipinski definition) is 4. The minimum atomic E-state index is -0.482. The largest absolute Gasteiger partial charge is 0.344 e. The van der Waals surface area contributed by atoms with Crippen LogP contribution in [0, 0.1) is 21.4 Å². The highest BCUT2D eigenvalue weighted by atomic mass is 16.6. The zero-order valence-electron chi connectivity index (χ0n) is 10.00. The molecule has 1 aromatic rings. The van der Waals surface area contributed by atoms with Crippen molar-refractivity contribution in [3.05, 3.63) is 39.9 Å². The minimum Gasteiger partial charge on any atom is -0.344 e. The van der Waals surface area contributed by atoms with Gasteiger partial charge in [-0.25, -0.2) is 0 Å². The molecule has 0 aromatic heterocycles. The van der Waals surface area contributed by atoms with Gasteiger partial charge in [0.25, 0.3) is 5.69 Å². The highest BCUT2D eigenvalue weighted by Crippen LogP contribution is 2.12. The van der Waals surface area contributed by atoms with Crippen molar-refractivity contribution in [2.24, 2.45) is 0 Å². The van der Waals surface area contributed by atoms with Crippen LogP contribution >= 0.6 is 0 Å². The van der Waals surface area contributed by atoms with Gasteiger partial charge in [-0.15, -0.1) is 0 Å². The van der Waals surface area contributed by atoms with Crippen molar-refractivity contribution >= 4 is 11.6 Å². The highest BCUT2D eigenvalue weighted by Gasteiger charge is 2.10. The molecule has 0 radical (unpaired) electrons. The number of nitriles is 1. The molecule has 0 heterocycles. The zero-order valence-corrected chi connectivity index (χ0v) is 10.00. The van der Waals surface area contributed by atoms with Crippen molar-refractivity contribution in [1.82, 2.24) is 4.90 Å². The lowest BCUT2D eigenvalue weighted by Gasteiger charge is -2.15. The number of nitro groups is 1. The first-order valence-electron chi connectivity index (χ1n) is 5.39. The summed E-state index contributed by atoms with van der Waals surface area (Å²) in [5.41, 5.74) is 0.721. The van der Waals surface area contributed by atoms with Crippen LogP contribution in [0.2, 0.25) is 0 Å². The van der Waals surface area contributed by atoms with E-state index in [1.165, 1.54) is 17.0 Å². The van der Waals surface area contributed by atoms with E-state index >= 15 is 0 Å². The summed E-state index contributed by atoms with van der Waals surface area (Å²) in [5.74, 6) is -0.112. The molecule has 0 atom stereocenters. The van der Waals surface area contributed by atoms with Crippen LogP contribution in [0.25, 0.3) is 0 Å². The fourth-order valence-corrected chi connectivity index (χ4v) is 1.39. The lowest BCUT2D eigenvalue weighted by molar-refractivity contribution is -0.384. The molecule has 0 N–H and O–H groups in total. The molecule has 6 nitrogen and oxygen atoms in total. The van der Waals surface area contributed by atoms with E-state index in [1.807, 2.05) is 6.07 Å². The van der Waals surface area contributed by atoms with Gasteiger partial charge in [-0.1, -0.05) is 12.1 Å². The van der Waals surface area contributed by atoms with E-state index in [0.29, 0.717) is 13.0 Å². The molecule has 18 heavy (non-hydrogen) atoms. The lowest BCUT2D eigenvalue weighted by atomic mass is 10.1. The van der Waals surface area contributed by atoms with Gasteiger partial charge >= 0.3 is 0 Å². The maximum Gasteiger partial charge on any atom is 0.269 e. The summed E-state index contributed by atoms with van der Waals surface area (Å²) < 4.78 is 0. The number of carbonyl (C=O) groups excluding carboxylic acids is 1. The fourth-order valence-electron chi connectivity index (χ4n) is 1.39. The fraction of sp³-hybridized carbons (Fsp3) is 0.333. The Balaban J connectivity index is 2.59. The molecule has 0 fully saturated rings. The Morgan fingerprint density at radius 3 is 2.56 bits per heavy atom. The number of nitrogens with zero attached hydrogens (tertiary/aromatic N) is 3. The first kappa shape index (κ1) is 13.6.